The van der Waals surface area contributed by atoms with Gasteiger partial charge in [0, 0.05) is 17.5 Å². The Bertz CT molecular complexity index is 688. The molecule has 0 aliphatic heterocycles. The van der Waals surface area contributed by atoms with E-state index in [1.165, 1.54) is 12.8 Å². The highest BCUT2D eigenvalue weighted by molar-refractivity contribution is 5.82. The van der Waals surface area contributed by atoms with Crippen LogP contribution >= 0.6 is 0 Å². The van der Waals surface area contributed by atoms with Crippen molar-refractivity contribution in [2.75, 3.05) is 6.54 Å². The second-order valence-electron chi connectivity index (χ2n) is 7.41. The van der Waals surface area contributed by atoms with Crippen molar-refractivity contribution >= 4 is 5.91 Å². The third kappa shape index (κ3) is 4.27. The first kappa shape index (κ1) is 17.6. The summed E-state index contributed by atoms with van der Waals surface area (Å²) in [7, 11) is 0. The Morgan fingerprint density at radius 2 is 1.88 bits per heavy atom. The third-order valence-corrected chi connectivity index (χ3v) is 5.22. The fourth-order valence-corrected chi connectivity index (χ4v) is 3.42. The molecule has 1 aliphatic rings. The van der Waals surface area contributed by atoms with Crippen LogP contribution < -0.4 is 5.32 Å². The molecule has 1 heterocycles. The lowest BCUT2D eigenvalue weighted by atomic mass is 9.81. The van der Waals surface area contributed by atoms with E-state index in [0.717, 1.165) is 31.2 Å². The summed E-state index contributed by atoms with van der Waals surface area (Å²) in [5.74, 6) is 1.29. The van der Waals surface area contributed by atoms with Crippen molar-refractivity contribution in [2.24, 2.45) is 5.41 Å². The molecule has 5 nitrogen and oxygen atoms in total. The van der Waals surface area contributed by atoms with Crippen LogP contribution in [0.15, 0.2) is 34.9 Å². The molecular formula is C20H27N3O2. The van der Waals surface area contributed by atoms with E-state index in [4.69, 9.17) is 4.52 Å². The molecule has 3 rings (SSSR count). The number of aromatic nitrogens is 2. The first-order valence-corrected chi connectivity index (χ1v) is 9.26. The summed E-state index contributed by atoms with van der Waals surface area (Å²) >= 11 is 0. The Kier molecular flexibility index (Phi) is 5.51. The van der Waals surface area contributed by atoms with Crippen molar-refractivity contribution in [3.63, 3.8) is 0 Å². The highest BCUT2D eigenvalue weighted by atomic mass is 16.5. The minimum atomic E-state index is -0.236. The van der Waals surface area contributed by atoms with Crippen LogP contribution in [0.2, 0.25) is 0 Å². The number of amides is 1. The molecule has 1 aromatic heterocycles. The maximum Gasteiger partial charge on any atom is 0.231 e. The molecule has 0 spiro atoms. The number of nitrogens with zero attached hydrogens (tertiary/aromatic N) is 2. The van der Waals surface area contributed by atoms with Crippen LogP contribution in [0.1, 0.15) is 64.2 Å². The Hall–Kier alpha value is -2.17. The second-order valence-corrected chi connectivity index (χ2v) is 7.41. The quantitative estimate of drug-likeness (QED) is 0.823. The van der Waals surface area contributed by atoms with Crippen LogP contribution in [0.5, 0.6) is 0 Å². The summed E-state index contributed by atoms with van der Waals surface area (Å²) in [5, 5.41) is 7.15. The molecule has 1 atom stereocenters. The predicted octanol–water partition coefficient (Wildman–Crippen LogP) is 4.32. The van der Waals surface area contributed by atoms with E-state index < -0.39 is 0 Å². The molecule has 134 valence electrons. The Morgan fingerprint density at radius 3 is 2.56 bits per heavy atom. The van der Waals surface area contributed by atoms with Crippen molar-refractivity contribution in [1.82, 2.24) is 15.5 Å². The predicted molar refractivity (Wildman–Crippen MR) is 97.0 cm³/mol. The van der Waals surface area contributed by atoms with Crippen LogP contribution in [0.3, 0.4) is 0 Å². The van der Waals surface area contributed by atoms with E-state index in [2.05, 4.69) is 22.4 Å². The lowest BCUT2D eigenvalue weighted by Gasteiger charge is -2.27. The maximum absolute atomic E-state index is 12.7. The zero-order valence-corrected chi connectivity index (χ0v) is 15.1. The molecule has 25 heavy (non-hydrogen) atoms. The number of hydrogen-bond acceptors (Lipinski definition) is 4. The molecule has 1 fully saturated rings. The van der Waals surface area contributed by atoms with E-state index in [-0.39, 0.29) is 17.2 Å². The molecule has 1 aliphatic carbocycles. The van der Waals surface area contributed by atoms with Crippen molar-refractivity contribution in [1.29, 1.82) is 0 Å². The van der Waals surface area contributed by atoms with Crippen LogP contribution in [0, 0.1) is 5.41 Å². The molecular weight excluding hydrogens is 314 g/mol. The third-order valence-electron chi connectivity index (χ3n) is 5.22. The summed E-state index contributed by atoms with van der Waals surface area (Å²) in [5.41, 5.74) is 0.694. The van der Waals surface area contributed by atoms with E-state index in [0.29, 0.717) is 18.3 Å². The van der Waals surface area contributed by atoms with Gasteiger partial charge < -0.3 is 9.84 Å². The van der Waals surface area contributed by atoms with Gasteiger partial charge in [0.2, 0.25) is 17.6 Å². The van der Waals surface area contributed by atoms with Gasteiger partial charge in [0.25, 0.3) is 0 Å². The molecule has 2 aromatic rings. The van der Waals surface area contributed by atoms with Crippen LogP contribution in [-0.4, -0.2) is 22.6 Å². The lowest BCUT2D eigenvalue weighted by Crippen LogP contribution is -2.40. The Morgan fingerprint density at radius 1 is 1.20 bits per heavy atom. The molecule has 1 saturated carbocycles. The average Bonchev–Trinajstić information content (AvgIpc) is 3.03. The van der Waals surface area contributed by atoms with Crippen molar-refractivity contribution in [3.05, 3.63) is 36.2 Å². The molecule has 1 unspecified atom stereocenters. The van der Waals surface area contributed by atoms with E-state index in [9.17, 15) is 4.79 Å². The van der Waals surface area contributed by atoms with E-state index in [1.54, 1.807) is 0 Å². The highest BCUT2D eigenvalue weighted by Crippen LogP contribution is 2.34. The lowest BCUT2D eigenvalue weighted by molar-refractivity contribution is -0.131. The van der Waals surface area contributed by atoms with Gasteiger partial charge in [0.15, 0.2) is 0 Å². The van der Waals surface area contributed by atoms with Crippen molar-refractivity contribution in [3.8, 4) is 11.4 Å². The van der Waals surface area contributed by atoms with Gasteiger partial charge in [0.05, 0.1) is 5.92 Å². The summed E-state index contributed by atoms with van der Waals surface area (Å²) in [6.07, 6.45) is 6.72. The van der Waals surface area contributed by atoms with Crippen LogP contribution in [-0.2, 0) is 4.79 Å². The molecule has 0 radical (unpaired) electrons. The molecule has 5 heteroatoms. The summed E-state index contributed by atoms with van der Waals surface area (Å²) in [6, 6.07) is 9.75. The largest absolute Gasteiger partial charge is 0.355 e. The van der Waals surface area contributed by atoms with Crippen LogP contribution in [0.25, 0.3) is 11.4 Å². The number of carbonyl (C=O) groups excluding carboxylic acids is 1. The van der Waals surface area contributed by atoms with Gasteiger partial charge in [-0.15, -0.1) is 0 Å². The fraction of sp³-hybridized carbons (Fsp3) is 0.550. The van der Waals surface area contributed by atoms with Crippen molar-refractivity contribution < 1.29 is 9.32 Å². The first-order chi connectivity index (χ1) is 12.1. The van der Waals surface area contributed by atoms with Gasteiger partial charge in [-0.05, 0) is 12.8 Å². The minimum absolute atomic E-state index is 0.0108. The SMILES string of the molecule is CC(CNC(=O)C1(C)CCCCCC1)c1nc(-c2ccccc2)no1. The van der Waals surface area contributed by atoms with E-state index in [1.807, 2.05) is 37.3 Å². The Labute approximate surface area is 149 Å². The second kappa shape index (κ2) is 7.81. The summed E-state index contributed by atoms with van der Waals surface area (Å²) in [4.78, 5) is 17.1. The van der Waals surface area contributed by atoms with Gasteiger partial charge in [-0.2, -0.15) is 4.98 Å². The first-order valence-electron chi connectivity index (χ1n) is 9.26. The maximum atomic E-state index is 12.7. The summed E-state index contributed by atoms with van der Waals surface area (Å²) < 4.78 is 5.39. The smallest absolute Gasteiger partial charge is 0.231 e. The monoisotopic (exact) mass is 341 g/mol. The molecule has 1 amide bonds. The molecule has 0 saturated heterocycles. The van der Waals surface area contributed by atoms with Gasteiger partial charge in [-0.1, -0.05) is 75.0 Å². The minimum Gasteiger partial charge on any atom is -0.355 e. The zero-order chi connectivity index (χ0) is 17.7. The average molecular weight is 341 g/mol. The zero-order valence-electron chi connectivity index (χ0n) is 15.1. The number of hydrogen-bond donors (Lipinski definition) is 1. The number of nitrogens with one attached hydrogen (secondary N) is 1. The Balaban J connectivity index is 1.58. The van der Waals surface area contributed by atoms with Gasteiger partial charge in [-0.25, -0.2) is 0 Å². The highest BCUT2D eigenvalue weighted by Gasteiger charge is 2.33. The standard InChI is InChI=1S/C20H27N3O2/c1-15(14-21-19(24)20(2)12-8-3-4-9-13-20)18-22-17(23-25-18)16-10-6-5-7-11-16/h5-7,10-11,15H,3-4,8-9,12-14H2,1-2H3,(H,21,24). The molecule has 1 N–H and O–H groups in total. The fourth-order valence-electron chi connectivity index (χ4n) is 3.42. The molecule has 0 bridgehead atoms. The van der Waals surface area contributed by atoms with Gasteiger partial charge in [0.1, 0.15) is 0 Å². The van der Waals surface area contributed by atoms with Crippen LogP contribution in [0.4, 0.5) is 0 Å². The summed E-state index contributed by atoms with van der Waals surface area (Å²) in [6.45, 7) is 4.61. The molecule has 1 aromatic carbocycles. The number of rotatable bonds is 5. The van der Waals surface area contributed by atoms with Crippen molar-refractivity contribution in [2.45, 2.75) is 58.3 Å². The van der Waals surface area contributed by atoms with E-state index >= 15 is 0 Å². The number of carbonyl (C=O) groups is 1. The van der Waals surface area contributed by atoms with Gasteiger partial charge >= 0.3 is 0 Å². The number of benzene rings is 1. The normalized spacial score (nSPS) is 18.3. The van der Waals surface area contributed by atoms with Gasteiger partial charge in [-0.3, -0.25) is 4.79 Å². The topological polar surface area (TPSA) is 68.0 Å².